The van der Waals surface area contributed by atoms with Gasteiger partial charge in [0.05, 0.1) is 13.1 Å². The monoisotopic (exact) mass is 309 g/mol. The van der Waals surface area contributed by atoms with Gasteiger partial charge in [0.25, 0.3) is 0 Å². The SMILES string of the molecule is CC(C)(C)c1ccc(CN(CC(=O)O)CC(F)(F)F)s1. The van der Waals surface area contributed by atoms with E-state index in [4.69, 9.17) is 5.11 Å². The zero-order valence-electron chi connectivity index (χ0n) is 11.6. The lowest BCUT2D eigenvalue weighted by Gasteiger charge is -2.21. The van der Waals surface area contributed by atoms with E-state index in [1.54, 1.807) is 6.07 Å². The molecule has 3 nitrogen and oxygen atoms in total. The van der Waals surface area contributed by atoms with Crippen LogP contribution in [0.15, 0.2) is 12.1 Å². The van der Waals surface area contributed by atoms with Gasteiger partial charge in [-0.3, -0.25) is 9.69 Å². The van der Waals surface area contributed by atoms with E-state index in [1.807, 2.05) is 26.8 Å². The van der Waals surface area contributed by atoms with Crippen LogP contribution in [0.3, 0.4) is 0 Å². The number of carbonyl (C=O) groups is 1. The molecule has 0 atom stereocenters. The molecule has 114 valence electrons. The van der Waals surface area contributed by atoms with Crippen molar-refractivity contribution in [2.24, 2.45) is 0 Å². The Hall–Kier alpha value is -1.08. The van der Waals surface area contributed by atoms with Crippen LogP contribution in [-0.2, 0) is 16.8 Å². The second kappa shape index (κ2) is 6.13. The van der Waals surface area contributed by atoms with Gasteiger partial charge in [0.1, 0.15) is 0 Å². The number of halogens is 3. The standard InChI is InChI=1S/C13H18F3NO2S/c1-12(2,3)10-5-4-9(20-10)6-17(7-11(18)19)8-13(14,15)16/h4-5H,6-8H2,1-3H3,(H,18,19). The number of rotatable bonds is 5. The van der Waals surface area contributed by atoms with Gasteiger partial charge in [-0.1, -0.05) is 20.8 Å². The number of aliphatic carboxylic acids is 1. The first-order chi connectivity index (χ1) is 8.97. The summed E-state index contributed by atoms with van der Waals surface area (Å²) in [6.07, 6.45) is -4.40. The largest absolute Gasteiger partial charge is 0.480 e. The van der Waals surface area contributed by atoms with Crippen LogP contribution in [0.5, 0.6) is 0 Å². The number of thiophene rings is 1. The number of hydrogen-bond donors (Lipinski definition) is 1. The first-order valence-corrected chi connectivity index (χ1v) is 6.89. The molecule has 0 spiro atoms. The summed E-state index contributed by atoms with van der Waals surface area (Å²) in [5.41, 5.74) is -0.0649. The molecule has 0 unspecified atom stereocenters. The van der Waals surface area contributed by atoms with Gasteiger partial charge in [-0.25, -0.2) is 0 Å². The van der Waals surface area contributed by atoms with Gasteiger partial charge in [-0.2, -0.15) is 13.2 Å². The maximum absolute atomic E-state index is 12.4. The highest BCUT2D eigenvalue weighted by atomic mass is 32.1. The average molecular weight is 309 g/mol. The minimum absolute atomic E-state index is 0.00738. The van der Waals surface area contributed by atoms with Crippen molar-refractivity contribution in [1.82, 2.24) is 4.90 Å². The van der Waals surface area contributed by atoms with Crippen molar-refractivity contribution in [3.8, 4) is 0 Å². The molecule has 1 heterocycles. The number of carboxylic acid groups (broad SMARTS) is 1. The fraction of sp³-hybridized carbons (Fsp3) is 0.615. The summed E-state index contributed by atoms with van der Waals surface area (Å²) in [4.78, 5) is 13.3. The molecule has 0 aliphatic rings. The van der Waals surface area contributed by atoms with Crippen LogP contribution in [0.25, 0.3) is 0 Å². The first kappa shape index (κ1) is 17.0. The molecular formula is C13H18F3NO2S. The molecule has 0 fully saturated rings. The van der Waals surface area contributed by atoms with Crippen LogP contribution in [-0.4, -0.2) is 35.2 Å². The van der Waals surface area contributed by atoms with Gasteiger partial charge in [0, 0.05) is 16.3 Å². The minimum atomic E-state index is -4.40. The maximum Gasteiger partial charge on any atom is 0.401 e. The van der Waals surface area contributed by atoms with Crippen molar-refractivity contribution in [2.75, 3.05) is 13.1 Å². The lowest BCUT2D eigenvalue weighted by Crippen LogP contribution is -2.37. The van der Waals surface area contributed by atoms with E-state index in [0.717, 1.165) is 14.7 Å². The third-order valence-electron chi connectivity index (χ3n) is 2.54. The van der Waals surface area contributed by atoms with E-state index in [1.165, 1.54) is 11.3 Å². The van der Waals surface area contributed by atoms with Gasteiger partial charge in [-0.15, -0.1) is 11.3 Å². The molecule has 0 radical (unpaired) electrons. The Labute approximate surface area is 120 Å². The minimum Gasteiger partial charge on any atom is -0.480 e. The van der Waals surface area contributed by atoms with Crippen molar-refractivity contribution in [3.05, 3.63) is 21.9 Å². The van der Waals surface area contributed by atoms with E-state index < -0.39 is 25.2 Å². The predicted molar refractivity (Wildman–Crippen MR) is 72.0 cm³/mol. The number of nitrogens with zero attached hydrogens (tertiary/aromatic N) is 1. The molecule has 0 aliphatic carbocycles. The molecule has 1 aromatic heterocycles. The van der Waals surface area contributed by atoms with Gasteiger partial charge in [-0.05, 0) is 17.5 Å². The van der Waals surface area contributed by atoms with Gasteiger partial charge in [0.2, 0.25) is 0 Å². The highest BCUT2D eigenvalue weighted by molar-refractivity contribution is 7.12. The van der Waals surface area contributed by atoms with E-state index >= 15 is 0 Å². The smallest absolute Gasteiger partial charge is 0.401 e. The van der Waals surface area contributed by atoms with E-state index in [9.17, 15) is 18.0 Å². The molecule has 0 aliphatic heterocycles. The molecule has 0 amide bonds. The molecule has 1 rings (SSSR count). The van der Waals surface area contributed by atoms with Crippen molar-refractivity contribution in [3.63, 3.8) is 0 Å². The highest BCUT2D eigenvalue weighted by Gasteiger charge is 2.31. The molecular weight excluding hydrogens is 291 g/mol. The van der Waals surface area contributed by atoms with Crippen molar-refractivity contribution in [2.45, 2.75) is 38.9 Å². The fourth-order valence-corrected chi connectivity index (χ4v) is 2.81. The second-order valence-electron chi connectivity index (χ2n) is 5.67. The maximum atomic E-state index is 12.4. The molecule has 7 heteroatoms. The third-order valence-corrected chi connectivity index (χ3v) is 4.04. The zero-order valence-corrected chi connectivity index (χ0v) is 12.4. The summed E-state index contributed by atoms with van der Waals surface area (Å²) in [6.45, 7) is 4.21. The van der Waals surface area contributed by atoms with Gasteiger partial charge in [0.15, 0.2) is 0 Å². The number of alkyl halides is 3. The van der Waals surface area contributed by atoms with Gasteiger partial charge < -0.3 is 5.11 Å². The fourth-order valence-electron chi connectivity index (χ4n) is 1.70. The van der Waals surface area contributed by atoms with Crippen molar-refractivity contribution < 1.29 is 23.1 Å². The summed E-state index contributed by atoms with van der Waals surface area (Å²) in [7, 11) is 0. The first-order valence-electron chi connectivity index (χ1n) is 6.07. The zero-order chi connectivity index (χ0) is 15.6. The molecule has 1 N–H and O–H groups in total. The lowest BCUT2D eigenvalue weighted by atomic mass is 9.95. The Morgan fingerprint density at radius 2 is 1.90 bits per heavy atom. The molecule has 0 aromatic carbocycles. The van der Waals surface area contributed by atoms with Crippen LogP contribution in [0.1, 0.15) is 30.5 Å². The van der Waals surface area contributed by atoms with Crippen molar-refractivity contribution >= 4 is 17.3 Å². The van der Waals surface area contributed by atoms with Crippen LogP contribution >= 0.6 is 11.3 Å². The molecule has 0 saturated carbocycles. The summed E-state index contributed by atoms with van der Waals surface area (Å²) < 4.78 is 37.3. The predicted octanol–water partition coefficient (Wildman–Crippen LogP) is 3.49. The number of carboxylic acids is 1. The Morgan fingerprint density at radius 1 is 1.30 bits per heavy atom. The van der Waals surface area contributed by atoms with E-state index in [0.29, 0.717) is 0 Å². The Kier molecular flexibility index (Phi) is 5.21. The molecule has 20 heavy (non-hydrogen) atoms. The summed E-state index contributed by atoms with van der Waals surface area (Å²) in [6, 6.07) is 3.64. The van der Waals surface area contributed by atoms with Gasteiger partial charge >= 0.3 is 12.1 Å². The Balaban J connectivity index is 2.79. The van der Waals surface area contributed by atoms with Crippen LogP contribution < -0.4 is 0 Å². The van der Waals surface area contributed by atoms with Crippen LogP contribution in [0.2, 0.25) is 0 Å². The molecule has 0 saturated heterocycles. The third kappa shape index (κ3) is 5.92. The molecule has 1 aromatic rings. The highest BCUT2D eigenvalue weighted by Crippen LogP contribution is 2.30. The quantitative estimate of drug-likeness (QED) is 0.905. The normalized spacial score (nSPS) is 12.9. The van der Waals surface area contributed by atoms with Crippen LogP contribution in [0.4, 0.5) is 13.2 Å². The van der Waals surface area contributed by atoms with Crippen LogP contribution in [0, 0.1) is 0 Å². The van der Waals surface area contributed by atoms with E-state index in [-0.39, 0.29) is 12.0 Å². The second-order valence-corrected chi connectivity index (χ2v) is 6.84. The topological polar surface area (TPSA) is 40.5 Å². The average Bonchev–Trinajstić information content (AvgIpc) is 2.61. The Morgan fingerprint density at radius 3 is 2.30 bits per heavy atom. The lowest BCUT2D eigenvalue weighted by molar-refractivity contribution is -0.154. The summed E-state index contributed by atoms with van der Waals surface area (Å²) in [5.74, 6) is -1.26. The number of hydrogen-bond acceptors (Lipinski definition) is 3. The van der Waals surface area contributed by atoms with Crippen molar-refractivity contribution in [1.29, 1.82) is 0 Å². The summed E-state index contributed by atoms with van der Waals surface area (Å²) >= 11 is 1.42. The Bertz CT molecular complexity index is 463. The summed E-state index contributed by atoms with van der Waals surface area (Å²) in [5, 5.41) is 8.69. The molecule has 0 bridgehead atoms. The van der Waals surface area contributed by atoms with E-state index in [2.05, 4.69) is 0 Å².